The van der Waals surface area contributed by atoms with Crippen molar-refractivity contribution in [2.75, 3.05) is 19.6 Å². The van der Waals surface area contributed by atoms with E-state index in [-0.39, 0.29) is 0 Å². The van der Waals surface area contributed by atoms with Gasteiger partial charge >= 0.3 is 0 Å². The van der Waals surface area contributed by atoms with Gasteiger partial charge in [0.15, 0.2) is 0 Å². The summed E-state index contributed by atoms with van der Waals surface area (Å²) in [7, 11) is 0. The fraction of sp³-hybridized carbons (Fsp3) is 0.556. The maximum Gasteiger partial charge on any atom is 0.0542 e. The van der Waals surface area contributed by atoms with E-state index in [2.05, 4.69) is 29.7 Å². The third kappa shape index (κ3) is 1.68. The smallest absolute Gasteiger partial charge is 0.0542 e. The molecule has 1 fully saturated rings. The molecular formula is C9H14N2S. The number of piperazine rings is 1. The van der Waals surface area contributed by atoms with Gasteiger partial charge in [-0.25, -0.2) is 0 Å². The molecule has 0 aliphatic carbocycles. The van der Waals surface area contributed by atoms with Crippen molar-refractivity contribution in [2.24, 2.45) is 0 Å². The van der Waals surface area contributed by atoms with E-state index < -0.39 is 0 Å². The number of hydrogen-bond donors (Lipinski definition) is 2. The van der Waals surface area contributed by atoms with E-state index >= 15 is 0 Å². The first kappa shape index (κ1) is 8.23. The Morgan fingerprint density at radius 1 is 1.42 bits per heavy atom. The van der Waals surface area contributed by atoms with Crippen molar-refractivity contribution in [2.45, 2.75) is 13.0 Å². The molecule has 1 aromatic rings. The fourth-order valence-electron chi connectivity index (χ4n) is 1.50. The molecule has 1 atom stereocenters. The molecule has 3 heteroatoms. The fourth-order valence-corrected chi connectivity index (χ4v) is 2.45. The second kappa shape index (κ2) is 3.56. The molecule has 0 spiro atoms. The summed E-state index contributed by atoms with van der Waals surface area (Å²) in [6.07, 6.45) is 0. The maximum atomic E-state index is 3.50. The maximum absolute atomic E-state index is 3.50. The van der Waals surface area contributed by atoms with E-state index in [1.54, 1.807) is 0 Å². The van der Waals surface area contributed by atoms with Crippen LogP contribution in [0.1, 0.15) is 15.8 Å². The average molecular weight is 182 g/mol. The summed E-state index contributed by atoms with van der Waals surface area (Å²) in [5.74, 6) is 0. The minimum Gasteiger partial charge on any atom is -0.314 e. The van der Waals surface area contributed by atoms with Crippen molar-refractivity contribution in [3.63, 3.8) is 0 Å². The van der Waals surface area contributed by atoms with Gasteiger partial charge in [-0.05, 0) is 19.1 Å². The van der Waals surface area contributed by atoms with Gasteiger partial charge < -0.3 is 10.6 Å². The van der Waals surface area contributed by atoms with Gasteiger partial charge in [0.1, 0.15) is 0 Å². The molecule has 0 saturated carbocycles. The van der Waals surface area contributed by atoms with Gasteiger partial charge in [-0.1, -0.05) is 0 Å². The van der Waals surface area contributed by atoms with Crippen LogP contribution in [0.2, 0.25) is 0 Å². The molecule has 0 aromatic carbocycles. The van der Waals surface area contributed by atoms with Crippen molar-refractivity contribution in [3.8, 4) is 0 Å². The molecule has 1 aromatic heterocycles. The molecule has 1 aliphatic rings. The van der Waals surface area contributed by atoms with Crippen LogP contribution >= 0.6 is 11.3 Å². The molecule has 0 bridgehead atoms. The first-order valence-corrected chi connectivity index (χ1v) is 5.18. The Morgan fingerprint density at radius 3 is 2.92 bits per heavy atom. The molecule has 66 valence electrons. The van der Waals surface area contributed by atoms with Crippen LogP contribution in [0.25, 0.3) is 0 Å². The predicted octanol–water partition coefficient (Wildman–Crippen LogP) is 1.29. The molecule has 1 saturated heterocycles. The highest BCUT2D eigenvalue weighted by Crippen LogP contribution is 2.22. The summed E-state index contributed by atoms with van der Waals surface area (Å²) in [5.41, 5.74) is 0. The van der Waals surface area contributed by atoms with E-state index in [0.717, 1.165) is 19.6 Å². The highest BCUT2D eigenvalue weighted by atomic mass is 32.1. The van der Waals surface area contributed by atoms with Crippen molar-refractivity contribution < 1.29 is 0 Å². The van der Waals surface area contributed by atoms with E-state index in [9.17, 15) is 0 Å². The Morgan fingerprint density at radius 2 is 2.33 bits per heavy atom. The minimum atomic E-state index is 0.539. The topological polar surface area (TPSA) is 24.1 Å². The van der Waals surface area contributed by atoms with Crippen LogP contribution in [0.3, 0.4) is 0 Å². The molecule has 2 N–H and O–H groups in total. The minimum absolute atomic E-state index is 0.539. The summed E-state index contributed by atoms with van der Waals surface area (Å²) in [5, 5.41) is 6.88. The monoisotopic (exact) mass is 182 g/mol. The van der Waals surface area contributed by atoms with Gasteiger partial charge in [0, 0.05) is 29.4 Å². The zero-order valence-electron chi connectivity index (χ0n) is 7.26. The molecule has 1 aliphatic heterocycles. The summed E-state index contributed by atoms with van der Waals surface area (Å²) in [6.45, 7) is 5.41. The molecule has 2 rings (SSSR count). The number of hydrogen-bond acceptors (Lipinski definition) is 3. The molecule has 1 unspecified atom stereocenters. The second-order valence-corrected chi connectivity index (χ2v) is 4.48. The van der Waals surface area contributed by atoms with Gasteiger partial charge in [-0.3, -0.25) is 0 Å². The summed E-state index contributed by atoms with van der Waals surface area (Å²) in [4.78, 5) is 2.86. The third-order valence-corrected chi connectivity index (χ3v) is 3.26. The van der Waals surface area contributed by atoms with Crippen molar-refractivity contribution in [3.05, 3.63) is 21.9 Å². The number of rotatable bonds is 1. The average Bonchev–Trinajstić information content (AvgIpc) is 2.54. The van der Waals surface area contributed by atoms with Crippen LogP contribution in [0.4, 0.5) is 0 Å². The van der Waals surface area contributed by atoms with Gasteiger partial charge in [0.05, 0.1) is 6.04 Å². The van der Waals surface area contributed by atoms with Crippen molar-refractivity contribution >= 4 is 11.3 Å². The Balaban J connectivity index is 2.08. The quantitative estimate of drug-likeness (QED) is 0.684. The normalized spacial score (nSPS) is 24.2. The first-order chi connectivity index (χ1) is 5.86. The standard InChI is InChI=1S/C9H14N2S/c1-7-2-3-9(12-7)8-6-10-4-5-11-8/h2-3,8,10-11H,4-6H2,1H3. The van der Waals surface area contributed by atoms with Crippen LogP contribution in [0, 0.1) is 6.92 Å². The lowest BCUT2D eigenvalue weighted by atomic mass is 10.2. The Bertz CT molecular complexity index is 251. The lowest BCUT2D eigenvalue weighted by molar-refractivity contribution is 0.435. The van der Waals surface area contributed by atoms with Crippen molar-refractivity contribution in [1.82, 2.24) is 10.6 Å². The molecule has 0 radical (unpaired) electrons. The van der Waals surface area contributed by atoms with Gasteiger partial charge in [0.25, 0.3) is 0 Å². The number of thiophene rings is 1. The largest absolute Gasteiger partial charge is 0.314 e. The SMILES string of the molecule is Cc1ccc(C2CNCCN2)s1. The molecule has 2 nitrogen and oxygen atoms in total. The van der Waals surface area contributed by atoms with Crippen LogP contribution in [-0.4, -0.2) is 19.6 Å². The van der Waals surface area contributed by atoms with E-state index in [4.69, 9.17) is 0 Å². The number of aryl methyl sites for hydroxylation is 1. The van der Waals surface area contributed by atoms with E-state index in [0.29, 0.717) is 6.04 Å². The summed E-state index contributed by atoms with van der Waals surface area (Å²) in [6, 6.07) is 4.96. The van der Waals surface area contributed by atoms with E-state index in [1.165, 1.54) is 9.75 Å². The summed E-state index contributed by atoms with van der Waals surface area (Å²) < 4.78 is 0. The highest BCUT2D eigenvalue weighted by Gasteiger charge is 2.14. The lowest BCUT2D eigenvalue weighted by Gasteiger charge is -2.23. The molecule has 2 heterocycles. The zero-order chi connectivity index (χ0) is 8.39. The first-order valence-electron chi connectivity index (χ1n) is 4.37. The van der Waals surface area contributed by atoms with Crippen LogP contribution in [-0.2, 0) is 0 Å². The molecular weight excluding hydrogens is 168 g/mol. The Hall–Kier alpha value is -0.380. The predicted molar refractivity (Wildman–Crippen MR) is 52.7 cm³/mol. The lowest BCUT2D eigenvalue weighted by Crippen LogP contribution is -2.42. The molecule has 0 amide bonds. The van der Waals surface area contributed by atoms with Gasteiger partial charge in [0.2, 0.25) is 0 Å². The summed E-state index contributed by atoms with van der Waals surface area (Å²) >= 11 is 1.89. The van der Waals surface area contributed by atoms with Crippen LogP contribution in [0.5, 0.6) is 0 Å². The van der Waals surface area contributed by atoms with Gasteiger partial charge in [-0.15, -0.1) is 11.3 Å². The van der Waals surface area contributed by atoms with Crippen LogP contribution < -0.4 is 10.6 Å². The Labute approximate surface area is 77.0 Å². The molecule has 12 heavy (non-hydrogen) atoms. The zero-order valence-corrected chi connectivity index (χ0v) is 8.08. The van der Waals surface area contributed by atoms with Crippen molar-refractivity contribution in [1.29, 1.82) is 0 Å². The van der Waals surface area contributed by atoms with Gasteiger partial charge in [-0.2, -0.15) is 0 Å². The van der Waals surface area contributed by atoms with E-state index in [1.807, 2.05) is 11.3 Å². The van der Waals surface area contributed by atoms with Crippen LogP contribution in [0.15, 0.2) is 12.1 Å². The Kier molecular flexibility index (Phi) is 2.44. The number of nitrogens with one attached hydrogen (secondary N) is 2. The highest BCUT2D eigenvalue weighted by molar-refractivity contribution is 7.12. The second-order valence-electron chi connectivity index (χ2n) is 3.16. The third-order valence-electron chi connectivity index (χ3n) is 2.15.